The Morgan fingerprint density at radius 1 is 1.28 bits per heavy atom. The van der Waals surface area contributed by atoms with Crippen molar-refractivity contribution in [1.29, 1.82) is 0 Å². The van der Waals surface area contributed by atoms with Gasteiger partial charge in [0.1, 0.15) is 0 Å². The fraction of sp³-hybridized carbons (Fsp3) is 0.769. The highest BCUT2D eigenvalue weighted by Gasteiger charge is 2.52. The molecule has 0 unspecified atom stereocenters. The Hall–Kier alpha value is -0.385. The molecule has 0 spiro atoms. The summed E-state index contributed by atoms with van der Waals surface area (Å²) in [5, 5.41) is -0.636. The molecule has 0 bridgehead atoms. The van der Waals surface area contributed by atoms with Crippen molar-refractivity contribution in [2.24, 2.45) is 0 Å². The molecule has 0 atom stereocenters. The van der Waals surface area contributed by atoms with Crippen LogP contribution in [0.5, 0.6) is 0 Å². The predicted octanol–water partition coefficient (Wildman–Crippen LogP) is 2.87. The Balaban J connectivity index is 2.70. The van der Waals surface area contributed by atoms with E-state index in [4.69, 9.17) is 23.0 Å². The van der Waals surface area contributed by atoms with Gasteiger partial charge >= 0.3 is 7.12 Å². The van der Waals surface area contributed by atoms with Gasteiger partial charge in [0.25, 0.3) is 0 Å². The largest absolute Gasteiger partial charge is 0.507 e. The van der Waals surface area contributed by atoms with Crippen LogP contribution >= 0.6 is 11.3 Å². The number of nitrogens with zero attached hydrogens (tertiary/aromatic N) is 1. The van der Waals surface area contributed by atoms with Crippen LogP contribution in [-0.2, 0) is 9.31 Å². The Morgan fingerprint density at radius 3 is 2.39 bits per heavy atom. The van der Waals surface area contributed by atoms with Gasteiger partial charge in [0, 0.05) is 25.3 Å². The highest BCUT2D eigenvalue weighted by atomic mass is 32.1. The number of hydrogen-bond donors (Lipinski definition) is 0. The molecule has 18 heavy (non-hydrogen) atoms. The molecule has 1 fully saturated rings. The van der Waals surface area contributed by atoms with Gasteiger partial charge in [0.2, 0.25) is 0 Å². The molecule has 0 aromatic carbocycles. The average Bonchev–Trinajstić information content (AvgIpc) is 2.95. The predicted molar refractivity (Wildman–Crippen MR) is 76.7 cm³/mol. The van der Waals surface area contributed by atoms with Crippen LogP contribution < -0.4 is 4.78 Å². The first-order valence-corrected chi connectivity index (χ1v) is 6.34. The minimum absolute atomic E-state index is 0.0567. The van der Waals surface area contributed by atoms with Crippen molar-refractivity contribution >= 4 is 23.2 Å². The standard InChI is InChI=1S/C13H22BNO2S/c1-8(2)11-15-9(3)10(18-11)14-16-12(4,5)13(6,7)17-14/h8H,1-7H3/i1D3,2D3,3D3,8D. The zero-order valence-corrected chi connectivity index (χ0v) is 11.6. The maximum Gasteiger partial charge on any atom is 0.507 e. The molecule has 2 heterocycles. The number of rotatable bonds is 2. The van der Waals surface area contributed by atoms with Gasteiger partial charge in [-0.1, -0.05) is 13.7 Å². The van der Waals surface area contributed by atoms with E-state index in [1.807, 2.05) is 0 Å². The first-order chi connectivity index (χ1) is 12.2. The fourth-order valence-corrected chi connectivity index (χ4v) is 2.33. The van der Waals surface area contributed by atoms with Crippen molar-refractivity contribution in [1.82, 2.24) is 4.98 Å². The SMILES string of the molecule is [2H]C([2H])([2H])c1nc(C([2H])(C([2H])([2H])[2H])C([2H])([2H])[2H])sc1B1OC(C)(C)C(C)(C)O1. The molecule has 0 aliphatic carbocycles. The van der Waals surface area contributed by atoms with Crippen LogP contribution in [0.15, 0.2) is 0 Å². The smallest absolute Gasteiger partial charge is 0.399 e. The number of thiazole rings is 1. The minimum atomic E-state index is -3.27. The summed E-state index contributed by atoms with van der Waals surface area (Å²) in [6.07, 6.45) is 0. The van der Waals surface area contributed by atoms with Gasteiger partial charge in [-0.25, -0.2) is 4.98 Å². The Bertz CT molecular complexity index is 722. The topological polar surface area (TPSA) is 31.4 Å². The van der Waals surface area contributed by atoms with E-state index in [-0.39, 0.29) is 4.78 Å². The summed E-state index contributed by atoms with van der Waals surface area (Å²) in [5.41, 5.74) is -2.13. The average molecular weight is 277 g/mol. The van der Waals surface area contributed by atoms with Crippen LogP contribution in [0.4, 0.5) is 0 Å². The lowest BCUT2D eigenvalue weighted by molar-refractivity contribution is 0.00578. The highest BCUT2D eigenvalue weighted by molar-refractivity contribution is 7.22. The Labute approximate surface area is 128 Å². The lowest BCUT2D eigenvalue weighted by Gasteiger charge is -2.32. The van der Waals surface area contributed by atoms with Gasteiger partial charge < -0.3 is 9.31 Å². The summed E-state index contributed by atoms with van der Waals surface area (Å²) >= 11 is 0.517. The van der Waals surface area contributed by atoms with Crippen molar-refractivity contribution in [2.45, 2.75) is 65.3 Å². The van der Waals surface area contributed by atoms with Crippen molar-refractivity contribution in [2.75, 3.05) is 0 Å². The fourth-order valence-electron chi connectivity index (χ4n) is 1.55. The third-order valence-corrected chi connectivity index (χ3v) is 4.43. The van der Waals surface area contributed by atoms with Crippen LogP contribution in [0.3, 0.4) is 0 Å². The number of aromatic nitrogens is 1. The molecule has 1 saturated heterocycles. The molecule has 0 radical (unpaired) electrons. The molecule has 0 N–H and O–H groups in total. The first kappa shape index (κ1) is 5.94. The summed E-state index contributed by atoms with van der Waals surface area (Å²) < 4.78 is 88.7. The summed E-state index contributed by atoms with van der Waals surface area (Å²) in [5.74, 6) is -3.09. The molecule has 100 valence electrons. The molecule has 0 saturated carbocycles. The molecule has 3 nitrogen and oxygen atoms in total. The summed E-state index contributed by atoms with van der Waals surface area (Å²) in [4.78, 5) is 3.82. The molecule has 0 amide bonds. The summed E-state index contributed by atoms with van der Waals surface area (Å²) in [6, 6.07) is 0. The van der Waals surface area contributed by atoms with Crippen LogP contribution in [0.2, 0.25) is 0 Å². The van der Waals surface area contributed by atoms with Gasteiger partial charge in [0.15, 0.2) is 0 Å². The van der Waals surface area contributed by atoms with Crippen LogP contribution in [-0.4, -0.2) is 23.3 Å². The lowest BCUT2D eigenvalue weighted by atomic mass is 9.86. The van der Waals surface area contributed by atoms with Crippen LogP contribution in [0, 0.1) is 6.85 Å². The van der Waals surface area contributed by atoms with Gasteiger partial charge in [-0.2, -0.15) is 0 Å². The van der Waals surface area contributed by atoms with E-state index >= 15 is 0 Å². The van der Waals surface area contributed by atoms with Gasteiger partial charge in [-0.3, -0.25) is 0 Å². The van der Waals surface area contributed by atoms with Gasteiger partial charge in [-0.05, 0) is 34.5 Å². The zero-order valence-electron chi connectivity index (χ0n) is 20.7. The maximum absolute atomic E-state index is 8.26. The molecular weight excluding hydrogens is 245 g/mol. The molecule has 5 heteroatoms. The molecule has 1 aromatic heterocycles. The third-order valence-electron chi connectivity index (χ3n) is 3.33. The van der Waals surface area contributed by atoms with E-state index < -0.39 is 55.5 Å². The molecule has 2 rings (SSSR count). The second-order valence-electron chi connectivity index (χ2n) is 5.20. The Morgan fingerprint density at radius 2 is 1.89 bits per heavy atom. The number of hydrogen-bond acceptors (Lipinski definition) is 4. The minimum Gasteiger partial charge on any atom is -0.399 e. The second kappa shape index (κ2) is 4.32. The molecule has 1 aliphatic heterocycles. The van der Waals surface area contributed by atoms with Gasteiger partial charge in [-0.15, -0.1) is 11.3 Å². The molecular formula is C13H22BNO2S. The lowest BCUT2D eigenvalue weighted by Crippen LogP contribution is -2.41. The van der Waals surface area contributed by atoms with E-state index in [0.29, 0.717) is 11.3 Å². The van der Waals surface area contributed by atoms with E-state index in [1.165, 1.54) is 0 Å². The molecule has 1 aliphatic rings. The van der Waals surface area contributed by atoms with E-state index in [1.54, 1.807) is 27.7 Å². The van der Waals surface area contributed by atoms with Crippen molar-refractivity contribution < 1.29 is 23.0 Å². The maximum atomic E-state index is 8.26. The summed E-state index contributed by atoms with van der Waals surface area (Å²) in [7, 11) is -1.18. The third kappa shape index (κ3) is 2.24. The van der Waals surface area contributed by atoms with Crippen LogP contribution in [0.1, 0.15) is 71.7 Å². The van der Waals surface area contributed by atoms with E-state index in [9.17, 15) is 0 Å². The van der Waals surface area contributed by atoms with Gasteiger partial charge in [0.05, 0.1) is 21.0 Å². The van der Waals surface area contributed by atoms with Crippen molar-refractivity contribution in [3.63, 3.8) is 0 Å². The normalized spacial score (nSPS) is 32.8. The quantitative estimate of drug-likeness (QED) is 0.779. The van der Waals surface area contributed by atoms with E-state index in [0.717, 1.165) is 0 Å². The van der Waals surface area contributed by atoms with Crippen LogP contribution in [0.25, 0.3) is 0 Å². The van der Waals surface area contributed by atoms with Crippen molar-refractivity contribution in [3.05, 3.63) is 10.7 Å². The highest BCUT2D eigenvalue weighted by Crippen LogP contribution is 2.37. The first-order valence-electron chi connectivity index (χ1n) is 10.5. The van der Waals surface area contributed by atoms with E-state index in [2.05, 4.69) is 4.98 Å². The zero-order chi connectivity index (χ0) is 22.1. The monoisotopic (exact) mass is 277 g/mol. The Kier molecular flexibility index (Phi) is 1.43. The number of aryl methyl sites for hydroxylation is 1. The second-order valence-corrected chi connectivity index (χ2v) is 6.23. The summed E-state index contributed by atoms with van der Waals surface area (Å²) in [6.45, 7) is -2.30. The molecule has 1 aromatic rings. The van der Waals surface area contributed by atoms with Crippen molar-refractivity contribution in [3.8, 4) is 0 Å².